The molecule has 1 aliphatic rings. The Morgan fingerprint density at radius 1 is 1.40 bits per heavy atom. The summed E-state index contributed by atoms with van der Waals surface area (Å²) in [5.74, 6) is 0.558. The lowest BCUT2D eigenvalue weighted by atomic mass is 10.1. The van der Waals surface area contributed by atoms with Crippen molar-refractivity contribution in [2.45, 2.75) is 26.4 Å². The number of halogens is 2. The van der Waals surface area contributed by atoms with E-state index in [0.29, 0.717) is 42.1 Å². The molecule has 1 aromatic carbocycles. The smallest absolute Gasteiger partial charge is 0.223 e. The molecule has 0 N–H and O–H groups in total. The molecular formula is C15H19Cl2NO2. The van der Waals surface area contributed by atoms with Crippen LogP contribution in [-0.2, 0) is 9.53 Å². The van der Waals surface area contributed by atoms with E-state index in [1.165, 1.54) is 0 Å². The molecule has 1 atom stereocenters. The first kappa shape index (κ1) is 15.6. The second-order valence-corrected chi connectivity index (χ2v) is 6.29. The molecule has 0 radical (unpaired) electrons. The Kier molecular flexibility index (Phi) is 5.30. The predicted octanol–water partition coefficient (Wildman–Crippen LogP) is 3.94. The summed E-state index contributed by atoms with van der Waals surface area (Å²) in [7, 11) is 0. The summed E-state index contributed by atoms with van der Waals surface area (Å²) in [6, 6.07) is 5.47. The third-order valence-corrected chi connectivity index (χ3v) is 4.06. The Hall–Kier alpha value is -0.770. The van der Waals surface area contributed by atoms with Crippen LogP contribution in [0, 0.1) is 5.92 Å². The van der Waals surface area contributed by atoms with E-state index in [4.69, 9.17) is 27.9 Å². The van der Waals surface area contributed by atoms with Crippen LogP contribution in [0.4, 0.5) is 0 Å². The Bertz CT molecular complexity index is 491. The number of ether oxygens (including phenoxy) is 1. The van der Waals surface area contributed by atoms with E-state index in [1.807, 2.05) is 17.0 Å². The molecular weight excluding hydrogens is 297 g/mol. The number of benzene rings is 1. The van der Waals surface area contributed by atoms with E-state index >= 15 is 0 Å². The lowest BCUT2D eigenvalue weighted by Crippen LogP contribution is -2.42. The van der Waals surface area contributed by atoms with E-state index in [-0.39, 0.29) is 12.0 Å². The minimum atomic E-state index is -0.130. The van der Waals surface area contributed by atoms with Crippen molar-refractivity contribution in [3.05, 3.63) is 33.8 Å². The van der Waals surface area contributed by atoms with Crippen molar-refractivity contribution < 1.29 is 9.53 Å². The number of carbonyl (C=O) groups is 1. The van der Waals surface area contributed by atoms with Crippen LogP contribution < -0.4 is 0 Å². The largest absolute Gasteiger partial charge is 0.370 e. The summed E-state index contributed by atoms with van der Waals surface area (Å²) in [6.07, 6.45) is 0.448. The van der Waals surface area contributed by atoms with Crippen molar-refractivity contribution in [1.29, 1.82) is 0 Å². The highest BCUT2D eigenvalue weighted by atomic mass is 35.5. The highest BCUT2D eigenvalue weighted by Crippen LogP contribution is 2.29. The molecule has 5 heteroatoms. The van der Waals surface area contributed by atoms with Crippen molar-refractivity contribution in [3.8, 4) is 0 Å². The lowest BCUT2D eigenvalue weighted by molar-refractivity contribution is -0.139. The van der Waals surface area contributed by atoms with Gasteiger partial charge in [-0.3, -0.25) is 4.79 Å². The molecule has 1 aromatic rings. The zero-order valence-electron chi connectivity index (χ0n) is 11.7. The van der Waals surface area contributed by atoms with Crippen LogP contribution in [0.2, 0.25) is 10.0 Å². The number of amides is 1. The van der Waals surface area contributed by atoms with Gasteiger partial charge in [0.2, 0.25) is 5.91 Å². The second kappa shape index (κ2) is 6.79. The van der Waals surface area contributed by atoms with Gasteiger partial charge >= 0.3 is 0 Å². The number of carbonyl (C=O) groups excluding carboxylic acids is 1. The van der Waals surface area contributed by atoms with Gasteiger partial charge in [-0.25, -0.2) is 0 Å². The molecule has 3 nitrogen and oxygen atoms in total. The fourth-order valence-electron chi connectivity index (χ4n) is 2.27. The quantitative estimate of drug-likeness (QED) is 0.845. The minimum absolute atomic E-state index is 0.130. The maximum Gasteiger partial charge on any atom is 0.223 e. The summed E-state index contributed by atoms with van der Waals surface area (Å²) >= 11 is 12.0. The first-order valence-electron chi connectivity index (χ1n) is 6.81. The van der Waals surface area contributed by atoms with Crippen molar-refractivity contribution in [3.63, 3.8) is 0 Å². The Morgan fingerprint density at radius 2 is 2.15 bits per heavy atom. The first-order valence-corrected chi connectivity index (χ1v) is 7.57. The molecule has 20 heavy (non-hydrogen) atoms. The molecule has 1 heterocycles. The predicted molar refractivity (Wildman–Crippen MR) is 81.2 cm³/mol. The lowest BCUT2D eigenvalue weighted by Gasteiger charge is -2.33. The van der Waals surface area contributed by atoms with Crippen LogP contribution >= 0.6 is 23.2 Å². The summed E-state index contributed by atoms with van der Waals surface area (Å²) in [5, 5.41) is 1.04. The van der Waals surface area contributed by atoms with E-state index in [1.54, 1.807) is 6.07 Å². The molecule has 0 saturated carbocycles. The summed E-state index contributed by atoms with van der Waals surface area (Å²) in [4.78, 5) is 14.0. The molecule has 1 unspecified atom stereocenters. The van der Waals surface area contributed by atoms with Gasteiger partial charge in [0.05, 0.1) is 23.2 Å². The van der Waals surface area contributed by atoms with Crippen LogP contribution in [-0.4, -0.2) is 30.5 Å². The van der Waals surface area contributed by atoms with E-state index in [9.17, 15) is 4.79 Å². The molecule has 1 aliphatic heterocycles. The van der Waals surface area contributed by atoms with E-state index in [0.717, 1.165) is 5.56 Å². The van der Waals surface area contributed by atoms with Gasteiger partial charge in [-0.15, -0.1) is 0 Å². The van der Waals surface area contributed by atoms with Gasteiger partial charge < -0.3 is 9.64 Å². The topological polar surface area (TPSA) is 29.5 Å². The molecule has 2 rings (SSSR count). The average Bonchev–Trinajstić information content (AvgIpc) is 2.41. The first-order chi connectivity index (χ1) is 9.47. The van der Waals surface area contributed by atoms with Crippen LogP contribution in [0.15, 0.2) is 18.2 Å². The highest BCUT2D eigenvalue weighted by molar-refractivity contribution is 6.42. The average molecular weight is 316 g/mol. The monoisotopic (exact) mass is 315 g/mol. The van der Waals surface area contributed by atoms with Crippen LogP contribution in [0.5, 0.6) is 0 Å². The molecule has 1 fully saturated rings. The van der Waals surface area contributed by atoms with Crippen molar-refractivity contribution in [2.24, 2.45) is 5.92 Å². The van der Waals surface area contributed by atoms with Gasteiger partial charge in [0.25, 0.3) is 0 Å². The van der Waals surface area contributed by atoms with Gasteiger partial charge in [-0.05, 0) is 23.6 Å². The zero-order chi connectivity index (χ0) is 14.7. The van der Waals surface area contributed by atoms with Crippen LogP contribution in [0.1, 0.15) is 31.9 Å². The SMILES string of the molecule is CC(C)CC(=O)N1CCOC(c2ccc(Cl)c(Cl)c2)C1. The molecule has 1 amide bonds. The molecule has 0 aromatic heterocycles. The third-order valence-electron chi connectivity index (χ3n) is 3.32. The summed E-state index contributed by atoms with van der Waals surface area (Å²) in [5.41, 5.74) is 0.960. The van der Waals surface area contributed by atoms with Crippen molar-refractivity contribution in [1.82, 2.24) is 4.90 Å². The highest BCUT2D eigenvalue weighted by Gasteiger charge is 2.25. The molecule has 0 aliphatic carbocycles. The fourth-order valence-corrected chi connectivity index (χ4v) is 2.57. The number of morpholine rings is 1. The standard InChI is InChI=1S/C15H19Cl2NO2/c1-10(2)7-15(19)18-5-6-20-14(9-18)11-3-4-12(16)13(17)8-11/h3-4,8,10,14H,5-7,9H2,1-2H3. The van der Waals surface area contributed by atoms with Crippen LogP contribution in [0.25, 0.3) is 0 Å². The minimum Gasteiger partial charge on any atom is -0.370 e. The Morgan fingerprint density at radius 3 is 2.80 bits per heavy atom. The van der Waals surface area contributed by atoms with Gasteiger partial charge in [-0.1, -0.05) is 43.1 Å². The Labute approximate surface area is 129 Å². The van der Waals surface area contributed by atoms with Gasteiger partial charge in [-0.2, -0.15) is 0 Å². The Balaban J connectivity index is 2.06. The van der Waals surface area contributed by atoms with E-state index in [2.05, 4.69) is 13.8 Å². The van der Waals surface area contributed by atoms with E-state index < -0.39 is 0 Å². The number of hydrogen-bond acceptors (Lipinski definition) is 2. The normalized spacial score (nSPS) is 19.4. The molecule has 1 saturated heterocycles. The molecule has 0 bridgehead atoms. The number of rotatable bonds is 3. The summed E-state index contributed by atoms with van der Waals surface area (Å²) < 4.78 is 5.75. The molecule has 0 spiro atoms. The maximum absolute atomic E-state index is 12.1. The van der Waals surface area contributed by atoms with Crippen molar-refractivity contribution in [2.75, 3.05) is 19.7 Å². The fraction of sp³-hybridized carbons (Fsp3) is 0.533. The second-order valence-electron chi connectivity index (χ2n) is 5.47. The third kappa shape index (κ3) is 3.87. The summed E-state index contributed by atoms with van der Waals surface area (Å²) in [6.45, 7) is 5.88. The van der Waals surface area contributed by atoms with Crippen LogP contribution in [0.3, 0.4) is 0 Å². The number of nitrogens with zero attached hydrogens (tertiary/aromatic N) is 1. The maximum atomic E-state index is 12.1. The van der Waals surface area contributed by atoms with Gasteiger partial charge in [0, 0.05) is 13.0 Å². The number of hydrogen-bond donors (Lipinski definition) is 0. The van der Waals surface area contributed by atoms with Gasteiger partial charge in [0.15, 0.2) is 0 Å². The van der Waals surface area contributed by atoms with Crippen molar-refractivity contribution >= 4 is 29.1 Å². The molecule has 110 valence electrons. The van der Waals surface area contributed by atoms with Gasteiger partial charge in [0.1, 0.15) is 6.10 Å². The zero-order valence-corrected chi connectivity index (χ0v) is 13.2.